The zero-order chi connectivity index (χ0) is 17.2. The van der Waals surface area contributed by atoms with E-state index in [9.17, 15) is 4.79 Å². The van der Waals surface area contributed by atoms with Crippen molar-refractivity contribution in [2.24, 2.45) is 0 Å². The number of anilines is 1. The number of piperazine rings is 1. The van der Waals surface area contributed by atoms with Gasteiger partial charge in [-0.2, -0.15) is 0 Å². The van der Waals surface area contributed by atoms with Gasteiger partial charge in [0.1, 0.15) is 5.75 Å². The Morgan fingerprint density at radius 3 is 2.46 bits per heavy atom. The predicted molar refractivity (Wildman–Crippen MR) is 99.8 cm³/mol. The van der Waals surface area contributed by atoms with Gasteiger partial charge < -0.3 is 14.5 Å². The first kappa shape index (κ1) is 18.6. The maximum Gasteiger partial charge on any atom is 0.222 e. The average molecular weight is 332 g/mol. The lowest BCUT2D eigenvalue weighted by Gasteiger charge is -2.36. The van der Waals surface area contributed by atoms with Crippen molar-refractivity contribution in [3.05, 3.63) is 24.3 Å². The van der Waals surface area contributed by atoms with Crippen molar-refractivity contribution in [2.75, 3.05) is 38.2 Å². The molecule has 4 nitrogen and oxygen atoms in total. The molecule has 0 spiro atoms. The molecule has 0 N–H and O–H groups in total. The summed E-state index contributed by atoms with van der Waals surface area (Å²) in [5.41, 5.74) is 1.18. The normalized spacial score (nSPS) is 14.8. The van der Waals surface area contributed by atoms with Gasteiger partial charge in [0, 0.05) is 44.4 Å². The van der Waals surface area contributed by atoms with Crippen molar-refractivity contribution in [3.8, 4) is 5.75 Å². The minimum absolute atomic E-state index is 0.329. The van der Waals surface area contributed by atoms with Crippen molar-refractivity contribution in [1.82, 2.24) is 4.90 Å². The lowest BCUT2D eigenvalue weighted by atomic mass is 10.1. The van der Waals surface area contributed by atoms with Crippen LogP contribution in [0.5, 0.6) is 5.75 Å². The Morgan fingerprint density at radius 1 is 1.04 bits per heavy atom. The van der Waals surface area contributed by atoms with Crippen LogP contribution in [0, 0.1) is 0 Å². The second kappa shape index (κ2) is 10.2. The van der Waals surface area contributed by atoms with Crippen LogP contribution < -0.4 is 9.64 Å². The summed E-state index contributed by atoms with van der Waals surface area (Å²) in [7, 11) is 1.69. The van der Waals surface area contributed by atoms with Gasteiger partial charge in [-0.05, 0) is 18.6 Å². The van der Waals surface area contributed by atoms with Crippen LogP contribution in [0.4, 0.5) is 5.69 Å². The molecule has 24 heavy (non-hydrogen) atoms. The number of amides is 1. The van der Waals surface area contributed by atoms with E-state index in [1.165, 1.54) is 37.8 Å². The molecule has 0 atom stereocenters. The van der Waals surface area contributed by atoms with Gasteiger partial charge in [0.05, 0.1) is 7.11 Å². The molecule has 1 amide bonds. The molecule has 0 unspecified atom stereocenters. The summed E-state index contributed by atoms with van der Waals surface area (Å²) in [6, 6.07) is 8.15. The van der Waals surface area contributed by atoms with Crippen molar-refractivity contribution < 1.29 is 9.53 Å². The number of hydrogen-bond acceptors (Lipinski definition) is 3. The van der Waals surface area contributed by atoms with Crippen LogP contribution in [0.3, 0.4) is 0 Å². The first-order valence-electron chi connectivity index (χ1n) is 9.41. The quantitative estimate of drug-likeness (QED) is 0.638. The Bertz CT molecular complexity index is 496. The molecule has 1 aliphatic heterocycles. The Labute approximate surface area is 146 Å². The lowest BCUT2D eigenvalue weighted by Crippen LogP contribution is -2.48. The lowest BCUT2D eigenvalue weighted by molar-refractivity contribution is -0.131. The summed E-state index contributed by atoms with van der Waals surface area (Å²) in [5, 5.41) is 0. The monoisotopic (exact) mass is 332 g/mol. The van der Waals surface area contributed by atoms with Gasteiger partial charge in [-0.3, -0.25) is 4.79 Å². The Hall–Kier alpha value is -1.71. The number of carbonyl (C=O) groups excluding carboxylic acids is 1. The number of ether oxygens (including phenoxy) is 1. The van der Waals surface area contributed by atoms with E-state index >= 15 is 0 Å². The van der Waals surface area contributed by atoms with Gasteiger partial charge in [-0.1, -0.05) is 45.1 Å². The zero-order valence-corrected chi connectivity index (χ0v) is 15.3. The third-order valence-electron chi connectivity index (χ3n) is 4.80. The highest BCUT2D eigenvalue weighted by atomic mass is 16.5. The summed E-state index contributed by atoms with van der Waals surface area (Å²) in [4.78, 5) is 16.7. The third kappa shape index (κ3) is 5.73. The van der Waals surface area contributed by atoms with Crippen LogP contribution in [-0.4, -0.2) is 44.1 Å². The van der Waals surface area contributed by atoms with E-state index in [0.29, 0.717) is 12.3 Å². The molecule has 0 aromatic heterocycles. The molecule has 2 rings (SSSR count). The van der Waals surface area contributed by atoms with E-state index in [1.54, 1.807) is 7.11 Å². The van der Waals surface area contributed by atoms with E-state index in [1.807, 2.05) is 17.0 Å². The second-order valence-electron chi connectivity index (χ2n) is 6.59. The second-order valence-corrected chi connectivity index (χ2v) is 6.59. The van der Waals surface area contributed by atoms with E-state index in [0.717, 1.165) is 38.3 Å². The topological polar surface area (TPSA) is 32.8 Å². The Balaban J connectivity index is 1.69. The van der Waals surface area contributed by atoms with Gasteiger partial charge in [0.15, 0.2) is 0 Å². The first-order chi connectivity index (χ1) is 11.7. The zero-order valence-electron chi connectivity index (χ0n) is 15.3. The van der Waals surface area contributed by atoms with E-state index < -0.39 is 0 Å². The molecule has 134 valence electrons. The molecular formula is C20H32N2O2. The first-order valence-corrected chi connectivity index (χ1v) is 9.41. The average Bonchev–Trinajstić information content (AvgIpc) is 2.64. The Morgan fingerprint density at radius 2 is 1.75 bits per heavy atom. The van der Waals surface area contributed by atoms with Gasteiger partial charge in [-0.25, -0.2) is 0 Å². The van der Waals surface area contributed by atoms with Gasteiger partial charge in [0.25, 0.3) is 0 Å². The Kier molecular flexibility index (Phi) is 7.93. The highest BCUT2D eigenvalue weighted by Crippen LogP contribution is 2.22. The maximum absolute atomic E-state index is 12.3. The van der Waals surface area contributed by atoms with Gasteiger partial charge in [-0.15, -0.1) is 0 Å². The molecule has 1 heterocycles. The molecule has 1 fully saturated rings. The fourth-order valence-corrected chi connectivity index (χ4v) is 3.24. The fraction of sp³-hybridized carbons (Fsp3) is 0.650. The maximum atomic E-state index is 12.3. The van der Waals surface area contributed by atoms with Gasteiger partial charge in [0.2, 0.25) is 5.91 Å². The molecule has 0 bridgehead atoms. The predicted octanol–water partition coefficient (Wildman–Crippen LogP) is 4.09. The summed E-state index contributed by atoms with van der Waals surface area (Å²) < 4.78 is 5.29. The molecule has 0 radical (unpaired) electrons. The van der Waals surface area contributed by atoms with Crippen LogP contribution in [0.1, 0.15) is 51.9 Å². The van der Waals surface area contributed by atoms with Crippen LogP contribution >= 0.6 is 0 Å². The largest absolute Gasteiger partial charge is 0.497 e. The number of rotatable bonds is 9. The number of nitrogens with zero attached hydrogens (tertiary/aromatic N) is 2. The molecule has 1 aromatic rings. The minimum Gasteiger partial charge on any atom is -0.497 e. The van der Waals surface area contributed by atoms with E-state index in [-0.39, 0.29) is 0 Å². The van der Waals surface area contributed by atoms with Crippen LogP contribution in [0.15, 0.2) is 24.3 Å². The molecule has 0 aliphatic carbocycles. The smallest absolute Gasteiger partial charge is 0.222 e. The molecular weight excluding hydrogens is 300 g/mol. The summed E-state index contributed by atoms with van der Waals surface area (Å²) in [6.45, 7) is 5.68. The molecule has 1 aliphatic rings. The SMILES string of the molecule is CCCCCCCCC(=O)N1CCN(c2cccc(OC)c2)CC1. The molecule has 1 saturated heterocycles. The number of methoxy groups -OCH3 is 1. The highest BCUT2D eigenvalue weighted by molar-refractivity contribution is 5.76. The summed E-state index contributed by atoms with van der Waals surface area (Å²) >= 11 is 0. The molecule has 1 aromatic carbocycles. The number of benzene rings is 1. The third-order valence-corrected chi connectivity index (χ3v) is 4.80. The van der Waals surface area contributed by atoms with Crippen molar-refractivity contribution in [1.29, 1.82) is 0 Å². The van der Waals surface area contributed by atoms with Crippen molar-refractivity contribution in [2.45, 2.75) is 51.9 Å². The molecule has 4 heteroatoms. The summed E-state index contributed by atoms with van der Waals surface area (Å²) in [5.74, 6) is 1.21. The van der Waals surface area contributed by atoms with Crippen molar-refractivity contribution in [3.63, 3.8) is 0 Å². The van der Waals surface area contributed by atoms with Crippen LogP contribution in [0.25, 0.3) is 0 Å². The summed E-state index contributed by atoms with van der Waals surface area (Å²) in [6.07, 6.45) is 8.12. The standard InChI is InChI=1S/C20H32N2O2/c1-3-4-5-6-7-8-12-20(23)22-15-13-21(14-16-22)18-10-9-11-19(17-18)24-2/h9-11,17H,3-8,12-16H2,1-2H3. The molecule has 0 saturated carbocycles. The van der Waals surface area contributed by atoms with Crippen molar-refractivity contribution >= 4 is 11.6 Å². The van der Waals surface area contributed by atoms with Crippen LogP contribution in [-0.2, 0) is 4.79 Å². The fourth-order valence-electron chi connectivity index (χ4n) is 3.24. The highest BCUT2D eigenvalue weighted by Gasteiger charge is 2.21. The van der Waals surface area contributed by atoms with E-state index in [2.05, 4.69) is 24.0 Å². The number of carbonyl (C=O) groups is 1. The van der Waals surface area contributed by atoms with E-state index in [4.69, 9.17) is 4.74 Å². The number of hydrogen-bond donors (Lipinski definition) is 0. The van der Waals surface area contributed by atoms with Gasteiger partial charge >= 0.3 is 0 Å². The number of unbranched alkanes of at least 4 members (excludes halogenated alkanes) is 5. The van der Waals surface area contributed by atoms with Crippen LogP contribution in [0.2, 0.25) is 0 Å². The minimum atomic E-state index is 0.329.